The van der Waals surface area contributed by atoms with E-state index in [4.69, 9.17) is 11.6 Å². The van der Waals surface area contributed by atoms with Gasteiger partial charge in [0.2, 0.25) is 0 Å². The molecule has 1 aromatic carbocycles. The Balaban J connectivity index is 2.22. The standard InChI is InChI=1S/C13H9BrClF3N2O/c14-11-8(15)3-1-4-9(11)19-12(21)10-5-2-6-20(10)7-13(16,17)18/h1-6H,7H2,(H,19,21). The van der Waals surface area contributed by atoms with E-state index in [-0.39, 0.29) is 5.69 Å². The van der Waals surface area contributed by atoms with Gasteiger partial charge in [0.1, 0.15) is 12.2 Å². The SMILES string of the molecule is O=C(Nc1cccc(Cl)c1Br)c1cccn1CC(F)(F)F. The van der Waals surface area contributed by atoms with Crippen LogP contribution in [0.2, 0.25) is 5.02 Å². The third kappa shape index (κ3) is 4.01. The Morgan fingerprint density at radius 3 is 2.67 bits per heavy atom. The monoisotopic (exact) mass is 380 g/mol. The molecule has 0 bridgehead atoms. The quantitative estimate of drug-likeness (QED) is 0.820. The number of nitrogens with one attached hydrogen (secondary N) is 1. The highest BCUT2D eigenvalue weighted by Crippen LogP contribution is 2.30. The van der Waals surface area contributed by atoms with Crippen LogP contribution in [0.3, 0.4) is 0 Å². The van der Waals surface area contributed by atoms with E-state index in [1.807, 2.05) is 0 Å². The Bertz CT molecular complexity index is 670. The van der Waals surface area contributed by atoms with E-state index in [0.717, 1.165) is 4.57 Å². The molecule has 112 valence electrons. The first-order chi connectivity index (χ1) is 9.78. The number of aromatic nitrogens is 1. The normalized spacial score (nSPS) is 11.5. The lowest BCUT2D eigenvalue weighted by Gasteiger charge is -2.13. The third-order valence-electron chi connectivity index (χ3n) is 2.61. The molecular weight excluding hydrogens is 373 g/mol. The fourth-order valence-electron chi connectivity index (χ4n) is 1.74. The molecule has 1 amide bonds. The molecule has 0 saturated carbocycles. The molecule has 8 heteroatoms. The predicted molar refractivity (Wildman–Crippen MR) is 77.6 cm³/mol. The number of carbonyl (C=O) groups is 1. The Kier molecular flexibility index (Phi) is 4.63. The van der Waals surface area contributed by atoms with Gasteiger partial charge in [-0.15, -0.1) is 0 Å². The first-order valence-corrected chi connectivity index (χ1v) is 6.92. The number of nitrogens with zero attached hydrogens (tertiary/aromatic N) is 1. The molecule has 0 fully saturated rings. The molecule has 1 heterocycles. The Hall–Kier alpha value is -1.47. The average molecular weight is 382 g/mol. The number of halogens is 5. The van der Waals surface area contributed by atoms with Crippen LogP contribution < -0.4 is 5.32 Å². The molecule has 2 aromatic rings. The third-order valence-corrected chi connectivity index (χ3v) is 4.01. The van der Waals surface area contributed by atoms with Gasteiger partial charge < -0.3 is 9.88 Å². The summed E-state index contributed by atoms with van der Waals surface area (Å²) in [5.74, 6) is -0.646. The largest absolute Gasteiger partial charge is 0.406 e. The van der Waals surface area contributed by atoms with Crippen molar-refractivity contribution in [2.75, 3.05) is 5.32 Å². The summed E-state index contributed by atoms with van der Waals surface area (Å²) < 4.78 is 38.6. The minimum Gasteiger partial charge on any atom is -0.334 e. The van der Waals surface area contributed by atoms with Crippen molar-refractivity contribution < 1.29 is 18.0 Å². The van der Waals surface area contributed by atoms with Crippen LogP contribution in [-0.2, 0) is 6.54 Å². The number of hydrogen-bond donors (Lipinski definition) is 1. The van der Waals surface area contributed by atoms with Crippen molar-refractivity contribution in [2.24, 2.45) is 0 Å². The molecule has 0 saturated heterocycles. The number of benzene rings is 1. The van der Waals surface area contributed by atoms with Crippen molar-refractivity contribution in [2.45, 2.75) is 12.7 Å². The number of amides is 1. The lowest BCUT2D eigenvalue weighted by molar-refractivity contribution is -0.140. The molecule has 1 aromatic heterocycles. The molecule has 1 N–H and O–H groups in total. The zero-order chi connectivity index (χ0) is 15.6. The minimum atomic E-state index is -4.40. The zero-order valence-corrected chi connectivity index (χ0v) is 12.8. The molecule has 3 nitrogen and oxygen atoms in total. The lowest BCUT2D eigenvalue weighted by atomic mass is 10.3. The summed E-state index contributed by atoms with van der Waals surface area (Å²) in [6, 6.07) is 7.53. The molecule has 2 rings (SSSR count). The summed E-state index contributed by atoms with van der Waals surface area (Å²) in [5, 5.41) is 2.91. The first kappa shape index (κ1) is 15.9. The van der Waals surface area contributed by atoms with E-state index in [9.17, 15) is 18.0 Å². The molecule has 0 aliphatic carbocycles. The average Bonchev–Trinajstić information content (AvgIpc) is 2.80. The van der Waals surface area contributed by atoms with Crippen molar-refractivity contribution in [3.8, 4) is 0 Å². The number of hydrogen-bond acceptors (Lipinski definition) is 1. The summed E-state index contributed by atoms with van der Waals surface area (Å²) in [4.78, 5) is 12.1. The van der Waals surface area contributed by atoms with Crippen LogP contribution in [0.4, 0.5) is 18.9 Å². The topological polar surface area (TPSA) is 34.0 Å². The molecule has 21 heavy (non-hydrogen) atoms. The summed E-state index contributed by atoms with van der Waals surface area (Å²) >= 11 is 9.09. The summed E-state index contributed by atoms with van der Waals surface area (Å²) in [6.45, 7) is -1.22. The van der Waals surface area contributed by atoms with E-state index in [2.05, 4.69) is 21.2 Å². The van der Waals surface area contributed by atoms with Crippen LogP contribution >= 0.6 is 27.5 Å². The van der Waals surface area contributed by atoms with Gasteiger partial charge in [-0.05, 0) is 40.2 Å². The molecule has 0 spiro atoms. The highest BCUT2D eigenvalue weighted by atomic mass is 79.9. The maximum atomic E-state index is 12.4. The molecule has 0 aliphatic rings. The molecule has 0 atom stereocenters. The fourth-order valence-corrected chi connectivity index (χ4v) is 2.28. The van der Waals surface area contributed by atoms with E-state index in [0.29, 0.717) is 15.2 Å². The van der Waals surface area contributed by atoms with Gasteiger partial charge in [-0.2, -0.15) is 13.2 Å². The maximum absolute atomic E-state index is 12.4. The lowest BCUT2D eigenvalue weighted by Crippen LogP contribution is -2.23. The van der Waals surface area contributed by atoms with Gasteiger partial charge in [-0.1, -0.05) is 17.7 Å². The number of anilines is 1. The van der Waals surface area contributed by atoms with Crippen LogP contribution in [-0.4, -0.2) is 16.7 Å². The highest BCUT2D eigenvalue weighted by Gasteiger charge is 2.29. The van der Waals surface area contributed by atoms with Gasteiger partial charge in [0.15, 0.2) is 0 Å². The van der Waals surface area contributed by atoms with Gasteiger partial charge in [0, 0.05) is 6.20 Å². The van der Waals surface area contributed by atoms with Crippen molar-refractivity contribution in [3.63, 3.8) is 0 Å². The smallest absolute Gasteiger partial charge is 0.334 e. The molecular formula is C13H9BrClF3N2O. The number of alkyl halides is 3. The second-order valence-corrected chi connectivity index (χ2v) is 5.39. The van der Waals surface area contributed by atoms with Crippen LogP contribution in [0.1, 0.15) is 10.5 Å². The summed E-state index contributed by atoms with van der Waals surface area (Å²) in [7, 11) is 0. The second kappa shape index (κ2) is 6.11. The van der Waals surface area contributed by atoms with Gasteiger partial charge in [0.05, 0.1) is 15.2 Å². The van der Waals surface area contributed by atoms with Crippen LogP contribution in [0.25, 0.3) is 0 Å². The van der Waals surface area contributed by atoms with Crippen molar-refractivity contribution >= 4 is 39.1 Å². The molecule has 0 radical (unpaired) electrons. The summed E-state index contributed by atoms with van der Waals surface area (Å²) in [5.41, 5.74) is 0.298. The first-order valence-electron chi connectivity index (χ1n) is 5.75. The number of carbonyl (C=O) groups excluding carboxylic acids is 1. The Morgan fingerprint density at radius 2 is 2.00 bits per heavy atom. The Labute approximate surface area is 131 Å². The highest BCUT2D eigenvalue weighted by molar-refractivity contribution is 9.10. The number of rotatable bonds is 3. The molecule has 0 aliphatic heterocycles. The van der Waals surface area contributed by atoms with E-state index < -0.39 is 18.6 Å². The maximum Gasteiger partial charge on any atom is 0.406 e. The fraction of sp³-hybridized carbons (Fsp3) is 0.154. The van der Waals surface area contributed by atoms with Crippen LogP contribution in [0, 0.1) is 0 Å². The second-order valence-electron chi connectivity index (χ2n) is 4.19. The molecule has 0 unspecified atom stereocenters. The van der Waals surface area contributed by atoms with E-state index in [1.165, 1.54) is 18.3 Å². The van der Waals surface area contributed by atoms with Gasteiger partial charge >= 0.3 is 6.18 Å². The van der Waals surface area contributed by atoms with E-state index >= 15 is 0 Å². The van der Waals surface area contributed by atoms with E-state index in [1.54, 1.807) is 18.2 Å². The Morgan fingerprint density at radius 1 is 1.29 bits per heavy atom. The predicted octanol–water partition coefficient (Wildman–Crippen LogP) is 4.72. The van der Waals surface area contributed by atoms with Crippen molar-refractivity contribution in [1.29, 1.82) is 0 Å². The zero-order valence-electron chi connectivity index (χ0n) is 10.4. The van der Waals surface area contributed by atoms with Gasteiger partial charge in [0.25, 0.3) is 5.91 Å². The van der Waals surface area contributed by atoms with Crippen molar-refractivity contribution in [3.05, 3.63) is 51.7 Å². The van der Waals surface area contributed by atoms with Gasteiger partial charge in [-0.3, -0.25) is 4.79 Å². The van der Waals surface area contributed by atoms with Crippen LogP contribution in [0.5, 0.6) is 0 Å². The summed E-state index contributed by atoms with van der Waals surface area (Å²) in [6.07, 6.45) is -3.19. The van der Waals surface area contributed by atoms with Crippen LogP contribution in [0.15, 0.2) is 41.0 Å². The minimum absolute atomic E-state index is 0.0841. The van der Waals surface area contributed by atoms with Crippen molar-refractivity contribution in [1.82, 2.24) is 4.57 Å². The van der Waals surface area contributed by atoms with Gasteiger partial charge in [-0.25, -0.2) is 0 Å².